The molecule has 1 amide bonds. The van der Waals surface area contributed by atoms with Crippen molar-refractivity contribution in [2.24, 2.45) is 5.41 Å². The molecule has 2 atom stereocenters. The summed E-state index contributed by atoms with van der Waals surface area (Å²) >= 11 is 8.08. The Balaban J connectivity index is 1.66. The van der Waals surface area contributed by atoms with Crippen LogP contribution in [0, 0.1) is 5.41 Å². The minimum Gasteiger partial charge on any atom is -0.493 e. The summed E-state index contributed by atoms with van der Waals surface area (Å²) < 4.78 is 18.0. The van der Waals surface area contributed by atoms with E-state index in [2.05, 4.69) is 4.98 Å². The number of methoxy groups -OCH3 is 2. The first-order valence-corrected chi connectivity index (χ1v) is 15.5. The van der Waals surface area contributed by atoms with E-state index in [1.165, 1.54) is 0 Å². The van der Waals surface area contributed by atoms with Crippen molar-refractivity contribution in [3.63, 3.8) is 0 Å². The molecule has 0 radical (unpaired) electrons. The molecular weight excluding hydrogens is 592 g/mol. The number of aromatic nitrogens is 1. The molecule has 0 spiro atoms. The van der Waals surface area contributed by atoms with E-state index in [1.807, 2.05) is 38.1 Å². The molecule has 0 unspecified atom stereocenters. The van der Waals surface area contributed by atoms with Crippen molar-refractivity contribution in [1.82, 2.24) is 4.98 Å². The molecule has 1 aliphatic heterocycles. The van der Waals surface area contributed by atoms with Gasteiger partial charge in [0, 0.05) is 57.9 Å². The predicted molar refractivity (Wildman–Crippen MR) is 167 cm³/mol. The van der Waals surface area contributed by atoms with Crippen molar-refractivity contribution in [3.8, 4) is 11.5 Å². The van der Waals surface area contributed by atoms with Gasteiger partial charge in [0.1, 0.15) is 12.2 Å². The number of aryl methyl sites for hydroxylation is 2. The van der Waals surface area contributed by atoms with Gasteiger partial charge in [0.2, 0.25) is 0 Å². The Hall–Kier alpha value is -3.18. The second-order valence-electron chi connectivity index (χ2n) is 11.4. The van der Waals surface area contributed by atoms with Gasteiger partial charge >= 0.3 is 5.97 Å². The van der Waals surface area contributed by atoms with Crippen molar-refractivity contribution in [1.29, 1.82) is 0 Å². The fraction of sp³-hybridized carbons (Fsp3) is 0.469. The van der Waals surface area contributed by atoms with E-state index < -0.39 is 23.6 Å². The Bertz CT molecular complexity index is 1430. The van der Waals surface area contributed by atoms with Gasteiger partial charge in [-0.2, -0.15) is 0 Å². The average Bonchev–Trinajstić information content (AvgIpc) is 3.40. The highest BCUT2D eigenvalue weighted by atomic mass is 35.5. The number of amides is 1. The zero-order valence-electron chi connectivity index (χ0n) is 25.0. The maximum absolute atomic E-state index is 14.2. The van der Waals surface area contributed by atoms with Gasteiger partial charge in [-0.05, 0) is 56.4 Å². The summed E-state index contributed by atoms with van der Waals surface area (Å²) in [7, 11) is 3.14. The molecule has 0 fully saturated rings. The fourth-order valence-electron chi connectivity index (χ4n) is 5.19. The molecule has 2 N–H and O–H groups in total. The van der Waals surface area contributed by atoms with Gasteiger partial charge in [0.05, 0.1) is 19.2 Å². The normalized spacial score (nSPS) is 17.0. The van der Waals surface area contributed by atoms with Gasteiger partial charge in [-0.3, -0.25) is 9.59 Å². The Labute approximate surface area is 261 Å². The second-order valence-corrected chi connectivity index (χ2v) is 13.0. The standard InChI is InChI=1S/C32H39ClN2O7S/c1-32(2,19-36)18-35-24-15-14-20(33)16-23(24)29(22-9-6-10-25(40-3)30(22)41-4)42-26(31(35)39)11-7-12-27-34-17-21(43-27)8-5-13-28(37)38/h6,9-10,14-17,26,29,36H,5,7-8,11-13,18-19H2,1-4H3,(H,37,38)/t26-,29-/m1/s1. The molecule has 0 bridgehead atoms. The number of hydrogen-bond acceptors (Lipinski definition) is 8. The maximum Gasteiger partial charge on any atom is 0.303 e. The number of para-hydroxylation sites is 1. The van der Waals surface area contributed by atoms with Crippen LogP contribution in [-0.4, -0.2) is 60.5 Å². The summed E-state index contributed by atoms with van der Waals surface area (Å²) in [6, 6.07) is 11.0. The lowest BCUT2D eigenvalue weighted by Crippen LogP contribution is -2.45. The van der Waals surface area contributed by atoms with E-state index in [9.17, 15) is 14.7 Å². The van der Waals surface area contributed by atoms with Crippen LogP contribution in [0.5, 0.6) is 11.5 Å². The number of nitrogens with zero attached hydrogens (tertiary/aromatic N) is 2. The summed E-state index contributed by atoms with van der Waals surface area (Å²) in [6.07, 6.45) is 3.44. The molecule has 232 valence electrons. The van der Waals surface area contributed by atoms with E-state index in [0.717, 1.165) is 15.4 Å². The number of carboxylic acids is 1. The summed E-state index contributed by atoms with van der Waals surface area (Å²) in [5.41, 5.74) is 1.52. The van der Waals surface area contributed by atoms with Gasteiger partial charge in [0.25, 0.3) is 5.91 Å². The second kappa shape index (κ2) is 14.5. The quantitative estimate of drug-likeness (QED) is 0.220. The molecule has 1 aliphatic rings. The number of ether oxygens (including phenoxy) is 3. The minimum atomic E-state index is -0.802. The first-order chi connectivity index (χ1) is 20.6. The number of halogens is 1. The third kappa shape index (κ3) is 8.06. The van der Waals surface area contributed by atoms with Crippen molar-refractivity contribution in [3.05, 3.63) is 68.6 Å². The van der Waals surface area contributed by atoms with Crippen molar-refractivity contribution in [2.45, 2.75) is 64.6 Å². The molecular formula is C32H39ClN2O7S. The van der Waals surface area contributed by atoms with Crippen molar-refractivity contribution in [2.75, 3.05) is 32.3 Å². The molecule has 0 saturated heterocycles. The van der Waals surface area contributed by atoms with Crippen LogP contribution < -0.4 is 14.4 Å². The van der Waals surface area contributed by atoms with Crippen LogP contribution in [0.25, 0.3) is 0 Å². The number of hydrogen-bond donors (Lipinski definition) is 2. The van der Waals surface area contributed by atoms with Gasteiger partial charge in [-0.25, -0.2) is 4.98 Å². The molecule has 1 aromatic heterocycles. The number of benzene rings is 2. The molecule has 43 heavy (non-hydrogen) atoms. The monoisotopic (exact) mass is 630 g/mol. The summed E-state index contributed by atoms with van der Waals surface area (Å²) in [4.78, 5) is 32.3. The first-order valence-electron chi connectivity index (χ1n) is 14.3. The van der Waals surface area contributed by atoms with Crippen LogP contribution >= 0.6 is 22.9 Å². The Morgan fingerprint density at radius 1 is 1.14 bits per heavy atom. The van der Waals surface area contributed by atoms with Gasteiger partial charge in [-0.15, -0.1) is 11.3 Å². The van der Waals surface area contributed by atoms with E-state index in [1.54, 1.807) is 48.8 Å². The molecule has 2 heterocycles. The van der Waals surface area contributed by atoms with Crippen molar-refractivity contribution >= 4 is 40.5 Å². The molecule has 11 heteroatoms. The number of carbonyl (C=O) groups excluding carboxylic acids is 1. The zero-order valence-corrected chi connectivity index (χ0v) is 26.5. The minimum absolute atomic E-state index is 0.1000. The Kier molecular flexibility index (Phi) is 11.1. The van der Waals surface area contributed by atoms with E-state index >= 15 is 0 Å². The van der Waals surface area contributed by atoms with Crippen LogP contribution in [-0.2, 0) is 27.2 Å². The number of carbonyl (C=O) groups is 2. The largest absolute Gasteiger partial charge is 0.493 e. The summed E-state index contributed by atoms with van der Waals surface area (Å²) in [5.74, 6) is 0.0569. The van der Waals surface area contributed by atoms with E-state index in [0.29, 0.717) is 59.9 Å². The highest BCUT2D eigenvalue weighted by molar-refractivity contribution is 7.11. The number of anilines is 1. The van der Waals surface area contributed by atoms with Gasteiger partial charge in [0.15, 0.2) is 11.5 Å². The lowest BCUT2D eigenvalue weighted by molar-refractivity contribution is -0.137. The topological polar surface area (TPSA) is 118 Å². The Morgan fingerprint density at radius 2 is 1.93 bits per heavy atom. The first kappa shape index (κ1) is 32.7. The number of rotatable bonds is 14. The van der Waals surface area contributed by atoms with Crippen LogP contribution in [0.3, 0.4) is 0 Å². The number of aliphatic hydroxyl groups is 1. The smallest absolute Gasteiger partial charge is 0.303 e. The molecule has 0 aliphatic carbocycles. The highest BCUT2D eigenvalue weighted by Gasteiger charge is 2.39. The number of aliphatic hydroxyl groups excluding tert-OH is 1. The molecule has 2 aromatic carbocycles. The highest BCUT2D eigenvalue weighted by Crippen LogP contribution is 2.45. The number of thiazole rings is 1. The van der Waals surface area contributed by atoms with Gasteiger partial charge < -0.3 is 29.3 Å². The van der Waals surface area contributed by atoms with E-state index in [4.69, 9.17) is 30.9 Å². The number of carboxylic acid groups (broad SMARTS) is 1. The number of fused-ring (bicyclic) bond motifs is 1. The van der Waals surface area contributed by atoms with Crippen LogP contribution in [0.15, 0.2) is 42.6 Å². The SMILES string of the molecule is COc1cccc([C@H]2O[C@H](CCCc3ncc(CCCC(=O)O)s3)C(=O)N(CC(C)(C)CO)c3ccc(Cl)cc32)c1OC. The third-order valence-electron chi connectivity index (χ3n) is 7.41. The lowest BCUT2D eigenvalue weighted by Gasteiger charge is -2.32. The molecule has 0 saturated carbocycles. The summed E-state index contributed by atoms with van der Waals surface area (Å²) in [5, 5.41) is 20.4. The van der Waals surface area contributed by atoms with Crippen LogP contribution in [0.1, 0.15) is 66.6 Å². The molecule has 4 rings (SSSR count). The molecule has 9 nitrogen and oxygen atoms in total. The zero-order chi connectivity index (χ0) is 31.1. The third-order valence-corrected chi connectivity index (χ3v) is 8.76. The Morgan fingerprint density at radius 3 is 2.63 bits per heavy atom. The molecule has 3 aromatic rings. The maximum atomic E-state index is 14.2. The van der Waals surface area contributed by atoms with Gasteiger partial charge in [-0.1, -0.05) is 37.6 Å². The summed E-state index contributed by atoms with van der Waals surface area (Å²) in [6.45, 7) is 4.01. The average molecular weight is 631 g/mol. The fourth-order valence-corrected chi connectivity index (χ4v) is 6.38. The predicted octanol–water partition coefficient (Wildman–Crippen LogP) is 6.08. The van der Waals surface area contributed by atoms with Crippen LogP contribution in [0.4, 0.5) is 5.69 Å². The number of aliphatic carboxylic acids is 1. The van der Waals surface area contributed by atoms with Crippen molar-refractivity contribution < 1.29 is 34.0 Å². The lowest BCUT2D eigenvalue weighted by atomic mass is 9.92. The van der Waals surface area contributed by atoms with Crippen LogP contribution in [0.2, 0.25) is 5.02 Å². The van der Waals surface area contributed by atoms with E-state index in [-0.39, 0.29) is 25.5 Å².